The van der Waals surface area contributed by atoms with E-state index >= 15 is 0 Å². The van der Waals surface area contributed by atoms with Crippen LogP contribution in [-0.2, 0) is 9.84 Å². The van der Waals surface area contributed by atoms with Crippen molar-refractivity contribution in [2.75, 3.05) is 18.6 Å². The van der Waals surface area contributed by atoms with Crippen molar-refractivity contribution < 1.29 is 17.9 Å². The zero-order valence-electron chi connectivity index (χ0n) is 9.55. The molecule has 1 aromatic rings. The van der Waals surface area contributed by atoms with E-state index < -0.39 is 21.4 Å². The van der Waals surface area contributed by atoms with Crippen LogP contribution in [0.4, 0.5) is 0 Å². The molecular formula is C12H14O4S. The monoisotopic (exact) mass is 254 g/mol. The third-order valence-electron chi connectivity index (χ3n) is 1.94. The predicted octanol–water partition coefficient (Wildman–Crippen LogP) is 1.48. The summed E-state index contributed by atoms with van der Waals surface area (Å²) in [6.45, 7) is 3.77. The zero-order chi connectivity index (χ0) is 12.9. The normalized spacial score (nSPS) is 10.9. The molecule has 0 spiro atoms. The number of hydrogen-bond acceptors (Lipinski definition) is 4. The fourth-order valence-electron chi connectivity index (χ4n) is 1.29. The summed E-state index contributed by atoms with van der Waals surface area (Å²) in [5.74, 6) is -0.602. The molecule has 0 amide bonds. The van der Waals surface area contributed by atoms with Crippen LogP contribution in [0.1, 0.15) is 10.4 Å². The third-order valence-corrected chi connectivity index (χ3v) is 2.72. The first kappa shape index (κ1) is 13.4. The maximum atomic E-state index is 11.8. The van der Waals surface area contributed by atoms with Crippen LogP contribution in [0.5, 0.6) is 5.75 Å². The molecule has 0 aliphatic carbocycles. The van der Waals surface area contributed by atoms with Crippen LogP contribution in [0, 0.1) is 0 Å². The topological polar surface area (TPSA) is 60.4 Å². The molecule has 0 bridgehead atoms. The lowest BCUT2D eigenvalue weighted by molar-refractivity contribution is 0.101. The summed E-state index contributed by atoms with van der Waals surface area (Å²) in [6.07, 6.45) is 2.58. The van der Waals surface area contributed by atoms with Crippen LogP contribution in [0.15, 0.2) is 36.9 Å². The van der Waals surface area contributed by atoms with E-state index in [1.807, 2.05) is 0 Å². The Kier molecular flexibility index (Phi) is 4.45. The first-order valence-electron chi connectivity index (χ1n) is 4.97. The van der Waals surface area contributed by atoms with Crippen LogP contribution in [0.2, 0.25) is 0 Å². The van der Waals surface area contributed by atoms with E-state index in [0.717, 1.165) is 6.26 Å². The Bertz CT molecular complexity index is 517. The number of carbonyl (C=O) groups excluding carboxylic acids is 1. The van der Waals surface area contributed by atoms with Gasteiger partial charge in [0.25, 0.3) is 0 Å². The molecule has 5 heteroatoms. The maximum Gasteiger partial charge on any atom is 0.181 e. The van der Waals surface area contributed by atoms with Gasteiger partial charge in [-0.25, -0.2) is 8.42 Å². The van der Waals surface area contributed by atoms with Crippen LogP contribution >= 0.6 is 0 Å². The molecule has 0 fully saturated rings. The first-order valence-corrected chi connectivity index (χ1v) is 7.04. The van der Waals surface area contributed by atoms with Gasteiger partial charge in [-0.05, 0) is 12.1 Å². The lowest BCUT2D eigenvalue weighted by Crippen LogP contribution is -2.15. The van der Waals surface area contributed by atoms with Crippen molar-refractivity contribution in [3.63, 3.8) is 0 Å². The largest absolute Gasteiger partial charge is 0.489 e. The summed E-state index contributed by atoms with van der Waals surface area (Å²) < 4.78 is 27.4. The second-order valence-electron chi connectivity index (χ2n) is 3.59. The average molecular weight is 254 g/mol. The number of hydrogen-bond donors (Lipinski definition) is 0. The molecule has 0 atom stereocenters. The van der Waals surface area contributed by atoms with Gasteiger partial charge in [-0.2, -0.15) is 0 Å². The molecule has 92 valence electrons. The Morgan fingerprint density at radius 3 is 2.65 bits per heavy atom. The van der Waals surface area contributed by atoms with E-state index in [9.17, 15) is 13.2 Å². The highest BCUT2D eigenvalue weighted by Gasteiger charge is 2.16. The fourth-order valence-corrected chi connectivity index (χ4v) is 1.92. The molecule has 0 aliphatic rings. The minimum Gasteiger partial charge on any atom is -0.489 e. The lowest BCUT2D eigenvalue weighted by Gasteiger charge is -2.08. The molecule has 1 rings (SSSR count). The molecule has 0 N–H and O–H groups in total. The Balaban J connectivity index is 2.96. The van der Waals surface area contributed by atoms with Gasteiger partial charge < -0.3 is 4.74 Å². The van der Waals surface area contributed by atoms with Crippen LogP contribution in [-0.4, -0.2) is 32.8 Å². The highest BCUT2D eigenvalue weighted by Crippen LogP contribution is 2.19. The van der Waals surface area contributed by atoms with E-state index in [1.165, 1.54) is 0 Å². The van der Waals surface area contributed by atoms with Gasteiger partial charge in [-0.3, -0.25) is 4.79 Å². The van der Waals surface area contributed by atoms with E-state index in [0.29, 0.717) is 5.75 Å². The van der Waals surface area contributed by atoms with Gasteiger partial charge in [0.1, 0.15) is 18.1 Å². The highest BCUT2D eigenvalue weighted by atomic mass is 32.2. The molecule has 1 aromatic carbocycles. The molecule has 17 heavy (non-hydrogen) atoms. The third kappa shape index (κ3) is 4.40. The summed E-state index contributed by atoms with van der Waals surface area (Å²) in [5.41, 5.74) is 0.278. The molecule has 0 aromatic heterocycles. The molecule has 4 nitrogen and oxygen atoms in total. The van der Waals surface area contributed by atoms with Crippen molar-refractivity contribution in [3.8, 4) is 5.75 Å². The van der Waals surface area contributed by atoms with Crippen molar-refractivity contribution >= 4 is 15.6 Å². The van der Waals surface area contributed by atoms with Gasteiger partial charge in [0.2, 0.25) is 0 Å². The van der Waals surface area contributed by atoms with Crippen molar-refractivity contribution in [1.29, 1.82) is 0 Å². The van der Waals surface area contributed by atoms with E-state index in [2.05, 4.69) is 6.58 Å². The van der Waals surface area contributed by atoms with Gasteiger partial charge in [0, 0.05) is 6.26 Å². The molecular weight excluding hydrogens is 240 g/mol. The minimum absolute atomic E-state index is 0.267. The lowest BCUT2D eigenvalue weighted by atomic mass is 10.1. The standard InChI is InChI=1S/C12H14O4S/c1-3-8-16-12-7-5-4-6-10(12)11(13)9-17(2,14)15/h3-7H,1,8-9H2,2H3. The van der Waals surface area contributed by atoms with Crippen molar-refractivity contribution in [2.45, 2.75) is 0 Å². The Labute approximate surface area is 101 Å². The summed E-state index contributed by atoms with van der Waals surface area (Å²) in [7, 11) is -3.33. The summed E-state index contributed by atoms with van der Waals surface area (Å²) >= 11 is 0. The molecule has 0 unspecified atom stereocenters. The first-order chi connectivity index (χ1) is 7.94. The van der Waals surface area contributed by atoms with E-state index in [1.54, 1.807) is 30.3 Å². The number of ether oxygens (including phenoxy) is 1. The molecule has 0 heterocycles. The number of sulfone groups is 1. The molecule has 0 radical (unpaired) electrons. The van der Waals surface area contributed by atoms with E-state index in [-0.39, 0.29) is 12.2 Å². The van der Waals surface area contributed by atoms with Crippen LogP contribution in [0.3, 0.4) is 0 Å². The smallest absolute Gasteiger partial charge is 0.181 e. The number of ketones is 1. The number of rotatable bonds is 6. The van der Waals surface area contributed by atoms with Gasteiger partial charge in [-0.1, -0.05) is 24.8 Å². The number of carbonyl (C=O) groups is 1. The van der Waals surface area contributed by atoms with Crippen LogP contribution < -0.4 is 4.74 Å². The van der Waals surface area contributed by atoms with Crippen molar-refractivity contribution in [2.24, 2.45) is 0 Å². The van der Waals surface area contributed by atoms with Gasteiger partial charge >= 0.3 is 0 Å². The average Bonchev–Trinajstić information content (AvgIpc) is 2.24. The van der Waals surface area contributed by atoms with Gasteiger partial charge in [-0.15, -0.1) is 0 Å². The number of para-hydroxylation sites is 1. The summed E-state index contributed by atoms with van der Waals surface area (Å²) in [4.78, 5) is 11.8. The van der Waals surface area contributed by atoms with Crippen molar-refractivity contribution in [3.05, 3.63) is 42.5 Å². The quantitative estimate of drug-likeness (QED) is 0.570. The molecule has 0 saturated heterocycles. The second-order valence-corrected chi connectivity index (χ2v) is 5.73. The second kappa shape index (κ2) is 5.63. The van der Waals surface area contributed by atoms with Gasteiger partial charge in [0.05, 0.1) is 5.56 Å². The Morgan fingerprint density at radius 2 is 2.06 bits per heavy atom. The van der Waals surface area contributed by atoms with Crippen molar-refractivity contribution in [1.82, 2.24) is 0 Å². The highest BCUT2D eigenvalue weighted by molar-refractivity contribution is 7.91. The zero-order valence-corrected chi connectivity index (χ0v) is 10.4. The summed E-state index contributed by atoms with van der Waals surface area (Å²) in [6, 6.07) is 6.55. The maximum absolute atomic E-state index is 11.8. The minimum atomic E-state index is -3.33. The number of benzene rings is 1. The molecule has 0 saturated carbocycles. The molecule has 0 aliphatic heterocycles. The van der Waals surface area contributed by atoms with Gasteiger partial charge in [0.15, 0.2) is 15.6 Å². The SMILES string of the molecule is C=CCOc1ccccc1C(=O)CS(C)(=O)=O. The number of Topliss-reactive ketones (excluding diaryl/α,β-unsaturated/α-hetero) is 1. The van der Waals surface area contributed by atoms with E-state index in [4.69, 9.17) is 4.74 Å². The van der Waals surface area contributed by atoms with Crippen LogP contribution in [0.25, 0.3) is 0 Å². The Morgan fingerprint density at radius 1 is 1.41 bits per heavy atom. The summed E-state index contributed by atoms with van der Waals surface area (Å²) in [5, 5.41) is 0. The predicted molar refractivity (Wildman–Crippen MR) is 66.2 cm³/mol. The fraction of sp³-hybridized carbons (Fsp3) is 0.250. The Hall–Kier alpha value is -1.62.